The summed E-state index contributed by atoms with van der Waals surface area (Å²) in [5.74, 6) is 1.05. The van der Waals surface area contributed by atoms with Crippen molar-refractivity contribution in [2.45, 2.75) is 32.6 Å². The molecule has 0 aliphatic carbocycles. The van der Waals surface area contributed by atoms with Crippen LogP contribution in [-0.4, -0.2) is 23.3 Å². The van der Waals surface area contributed by atoms with Gasteiger partial charge < -0.3 is 4.90 Å². The van der Waals surface area contributed by atoms with Crippen LogP contribution in [0, 0.1) is 17.2 Å². The number of hydrogen-bond donors (Lipinski definition) is 0. The molecule has 4 heteroatoms. The standard InChI is InChI=1S/C13H18N4/c1-2-4-12-6-7-13(16-15-12)17-8-3-5-11(9-14)10-17/h6-7,11H,2-5,8,10H2,1H3. The first kappa shape index (κ1) is 11.8. The molecule has 2 heterocycles. The summed E-state index contributed by atoms with van der Waals surface area (Å²) in [6.07, 6.45) is 4.15. The van der Waals surface area contributed by atoms with Crippen LogP contribution in [0.3, 0.4) is 0 Å². The third kappa shape index (κ3) is 2.94. The number of rotatable bonds is 3. The Balaban J connectivity index is 2.04. The van der Waals surface area contributed by atoms with Crippen molar-refractivity contribution in [3.8, 4) is 6.07 Å². The van der Waals surface area contributed by atoms with Gasteiger partial charge in [0, 0.05) is 13.1 Å². The zero-order valence-corrected chi connectivity index (χ0v) is 10.3. The Bertz CT molecular complexity index is 393. The molecule has 1 unspecified atom stereocenters. The van der Waals surface area contributed by atoms with Gasteiger partial charge in [0.1, 0.15) is 0 Å². The molecule has 0 spiro atoms. The molecule has 1 atom stereocenters. The number of nitrogens with zero attached hydrogens (tertiary/aromatic N) is 4. The van der Waals surface area contributed by atoms with E-state index in [-0.39, 0.29) is 5.92 Å². The van der Waals surface area contributed by atoms with Gasteiger partial charge in [-0.15, -0.1) is 5.10 Å². The summed E-state index contributed by atoms with van der Waals surface area (Å²) >= 11 is 0. The number of hydrogen-bond acceptors (Lipinski definition) is 4. The molecule has 1 aromatic heterocycles. The highest BCUT2D eigenvalue weighted by Gasteiger charge is 2.20. The second-order valence-electron chi connectivity index (χ2n) is 4.55. The van der Waals surface area contributed by atoms with E-state index in [2.05, 4.69) is 28.1 Å². The lowest BCUT2D eigenvalue weighted by Gasteiger charge is -2.30. The molecule has 17 heavy (non-hydrogen) atoms. The molecular weight excluding hydrogens is 212 g/mol. The maximum absolute atomic E-state index is 8.96. The first-order valence-electron chi connectivity index (χ1n) is 6.30. The van der Waals surface area contributed by atoms with E-state index >= 15 is 0 Å². The molecule has 2 rings (SSSR count). The average molecular weight is 230 g/mol. The molecule has 0 saturated carbocycles. The highest BCUT2D eigenvalue weighted by molar-refractivity contribution is 5.38. The van der Waals surface area contributed by atoms with E-state index in [1.807, 2.05) is 12.1 Å². The molecule has 1 saturated heterocycles. The molecule has 0 radical (unpaired) electrons. The Morgan fingerprint density at radius 2 is 2.35 bits per heavy atom. The summed E-state index contributed by atoms with van der Waals surface area (Å²) in [5, 5.41) is 17.4. The molecule has 0 aromatic carbocycles. The zero-order valence-electron chi connectivity index (χ0n) is 10.3. The van der Waals surface area contributed by atoms with Gasteiger partial charge in [-0.1, -0.05) is 13.3 Å². The highest BCUT2D eigenvalue weighted by atomic mass is 15.3. The van der Waals surface area contributed by atoms with Gasteiger partial charge in [-0.25, -0.2) is 0 Å². The third-order valence-corrected chi connectivity index (χ3v) is 3.14. The Hall–Kier alpha value is -1.63. The van der Waals surface area contributed by atoms with Crippen LogP contribution in [0.5, 0.6) is 0 Å². The summed E-state index contributed by atoms with van der Waals surface area (Å²) < 4.78 is 0. The van der Waals surface area contributed by atoms with Gasteiger partial charge in [-0.3, -0.25) is 0 Å². The Labute approximate surface area is 102 Å². The van der Waals surface area contributed by atoms with Crippen LogP contribution in [0.2, 0.25) is 0 Å². The smallest absolute Gasteiger partial charge is 0.151 e. The average Bonchev–Trinajstić information content (AvgIpc) is 2.40. The van der Waals surface area contributed by atoms with Crippen molar-refractivity contribution >= 4 is 5.82 Å². The number of anilines is 1. The van der Waals surface area contributed by atoms with E-state index in [4.69, 9.17) is 5.26 Å². The van der Waals surface area contributed by atoms with Crippen molar-refractivity contribution in [1.82, 2.24) is 10.2 Å². The molecular formula is C13H18N4. The van der Waals surface area contributed by atoms with E-state index in [1.54, 1.807) is 0 Å². The van der Waals surface area contributed by atoms with Gasteiger partial charge in [0.2, 0.25) is 0 Å². The number of aryl methyl sites for hydroxylation is 1. The molecule has 0 bridgehead atoms. The molecule has 0 amide bonds. The SMILES string of the molecule is CCCc1ccc(N2CCCC(C#N)C2)nn1. The summed E-state index contributed by atoms with van der Waals surface area (Å²) in [6.45, 7) is 3.91. The number of aromatic nitrogens is 2. The lowest BCUT2D eigenvalue weighted by Crippen LogP contribution is -2.35. The lowest BCUT2D eigenvalue weighted by molar-refractivity contribution is 0.489. The fourth-order valence-electron chi connectivity index (χ4n) is 2.20. The normalized spacial score (nSPS) is 20.0. The predicted octanol–water partition coefficient (Wildman–Crippen LogP) is 2.17. The topological polar surface area (TPSA) is 52.8 Å². The fourth-order valence-corrected chi connectivity index (χ4v) is 2.20. The van der Waals surface area contributed by atoms with E-state index in [1.165, 1.54) is 0 Å². The molecule has 1 fully saturated rings. The van der Waals surface area contributed by atoms with Crippen molar-refractivity contribution in [3.05, 3.63) is 17.8 Å². The van der Waals surface area contributed by atoms with Crippen molar-refractivity contribution < 1.29 is 0 Å². The van der Waals surface area contributed by atoms with Crippen LogP contribution in [0.1, 0.15) is 31.9 Å². The van der Waals surface area contributed by atoms with Gasteiger partial charge in [0.15, 0.2) is 5.82 Å². The zero-order chi connectivity index (χ0) is 12.1. The van der Waals surface area contributed by atoms with Crippen molar-refractivity contribution in [3.63, 3.8) is 0 Å². The largest absolute Gasteiger partial charge is 0.354 e. The predicted molar refractivity (Wildman–Crippen MR) is 66.6 cm³/mol. The van der Waals surface area contributed by atoms with E-state index < -0.39 is 0 Å². The minimum absolute atomic E-state index is 0.140. The van der Waals surface area contributed by atoms with Crippen LogP contribution < -0.4 is 4.90 Å². The number of nitriles is 1. The summed E-state index contributed by atoms with van der Waals surface area (Å²) in [7, 11) is 0. The van der Waals surface area contributed by atoms with Crippen LogP contribution in [0.25, 0.3) is 0 Å². The van der Waals surface area contributed by atoms with E-state index in [0.717, 1.165) is 50.3 Å². The molecule has 0 N–H and O–H groups in total. The quantitative estimate of drug-likeness (QED) is 0.798. The highest BCUT2D eigenvalue weighted by Crippen LogP contribution is 2.20. The van der Waals surface area contributed by atoms with Crippen molar-refractivity contribution in [2.24, 2.45) is 5.92 Å². The maximum Gasteiger partial charge on any atom is 0.151 e. The monoisotopic (exact) mass is 230 g/mol. The summed E-state index contributed by atoms with van der Waals surface area (Å²) in [4.78, 5) is 2.17. The first-order chi connectivity index (χ1) is 8.33. The van der Waals surface area contributed by atoms with Gasteiger partial charge in [-0.2, -0.15) is 10.4 Å². The van der Waals surface area contributed by atoms with Gasteiger partial charge in [0.05, 0.1) is 17.7 Å². The minimum atomic E-state index is 0.140. The minimum Gasteiger partial charge on any atom is -0.354 e. The van der Waals surface area contributed by atoms with E-state index in [0.29, 0.717) is 0 Å². The van der Waals surface area contributed by atoms with Crippen LogP contribution in [0.4, 0.5) is 5.82 Å². The van der Waals surface area contributed by atoms with Crippen molar-refractivity contribution in [2.75, 3.05) is 18.0 Å². The maximum atomic E-state index is 8.96. The van der Waals surface area contributed by atoms with Crippen molar-refractivity contribution in [1.29, 1.82) is 5.26 Å². The van der Waals surface area contributed by atoms with Crippen LogP contribution in [-0.2, 0) is 6.42 Å². The Morgan fingerprint density at radius 3 is 3.00 bits per heavy atom. The van der Waals surface area contributed by atoms with Gasteiger partial charge >= 0.3 is 0 Å². The van der Waals surface area contributed by atoms with Crippen LogP contribution in [0.15, 0.2) is 12.1 Å². The number of piperidine rings is 1. The van der Waals surface area contributed by atoms with Gasteiger partial charge in [0.25, 0.3) is 0 Å². The summed E-state index contributed by atoms with van der Waals surface area (Å²) in [5.41, 5.74) is 1.05. The van der Waals surface area contributed by atoms with E-state index in [9.17, 15) is 0 Å². The second kappa shape index (κ2) is 5.62. The Kier molecular flexibility index (Phi) is 3.92. The Morgan fingerprint density at radius 1 is 1.47 bits per heavy atom. The summed E-state index contributed by atoms with van der Waals surface area (Å²) in [6, 6.07) is 6.41. The van der Waals surface area contributed by atoms with Crippen LogP contribution >= 0.6 is 0 Å². The lowest BCUT2D eigenvalue weighted by atomic mass is 10.00. The molecule has 4 nitrogen and oxygen atoms in total. The molecule has 1 aliphatic heterocycles. The van der Waals surface area contributed by atoms with Gasteiger partial charge in [-0.05, 0) is 31.4 Å². The first-order valence-corrected chi connectivity index (χ1v) is 6.30. The molecule has 1 aliphatic rings. The molecule has 1 aromatic rings. The molecule has 90 valence electrons. The third-order valence-electron chi connectivity index (χ3n) is 3.14. The second-order valence-corrected chi connectivity index (χ2v) is 4.55. The fraction of sp³-hybridized carbons (Fsp3) is 0.615.